The van der Waals surface area contributed by atoms with E-state index in [1.54, 1.807) is 11.8 Å². The van der Waals surface area contributed by atoms with E-state index in [4.69, 9.17) is 10.5 Å². The zero-order chi connectivity index (χ0) is 16.9. The van der Waals surface area contributed by atoms with E-state index >= 15 is 0 Å². The molecule has 1 atom stereocenters. The number of benzene rings is 1. The normalized spacial score (nSPS) is 17.4. The summed E-state index contributed by atoms with van der Waals surface area (Å²) >= 11 is 3.35. The van der Waals surface area contributed by atoms with Crippen LogP contribution >= 0.6 is 15.9 Å². The Labute approximate surface area is 144 Å². The van der Waals surface area contributed by atoms with Gasteiger partial charge in [-0.1, -0.05) is 28.1 Å². The second-order valence-corrected chi connectivity index (χ2v) is 6.62. The van der Waals surface area contributed by atoms with Crippen LogP contribution in [0.1, 0.15) is 18.9 Å². The Morgan fingerprint density at radius 3 is 2.52 bits per heavy atom. The predicted octanol–water partition coefficient (Wildman–Crippen LogP) is 0.988. The number of carbonyl (C=O) groups excluding carboxylic acids is 2. The summed E-state index contributed by atoms with van der Waals surface area (Å²) in [5.41, 5.74) is 5.74. The van der Waals surface area contributed by atoms with Crippen LogP contribution in [0, 0.1) is 0 Å². The van der Waals surface area contributed by atoms with Crippen molar-refractivity contribution in [1.29, 1.82) is 0 Å². The number of nitrogens with zero attached hydrogens (tertiary/aromatic N) is 1. The van der Waals surface area contributed by atoms with Crippen molar-refractivity contribution in [3.63, 3.8) is 0 Å². The minimum absolute atomic E-state index is 0.0240. The third-order valence-electron chi connectivity index (χ3n) is 3.90. The van der Waals surface area contributed by atoms with Gasteiger partial charge in [-0.3, -0.25) is 9.59 Å². The summed E-state index contributed by atoms with van der Waals surface area (Å²) in [6.45, 7) is 4.30. The van der Waals surface area contributed by atoms with E-state index in [0.29, 0.717) is 26.3 Å². The fourth-order valence-electron chi connectivity index (χ4n) is 2.36. The van der Waals surface area contributed by atoms with Crippen LogP contribution in [0.5, 0.6) is 0 Å². The fourth-order valence-corrected chi connectivity index (χ4v) is 2.63. The number of morpholine rings is 1. The molecule has 1 fully saturated rings. The maximum Gasteiger partial charge on any atom is 0.244 e. The van der Waals surface area contributed by atoms with Gasteiger partial charge in [0.1, 0.15) is 5.54 Å². The van der Waals surface area contributed by atoms with Gasteiger partial charge in [-0.05, 0) is 24.6 Å². The van der Waals surface area contributed by atoms with Crippen molar-refractivity contribution in [2.24, 2.45) is 5.73 Å². The van der Waals surface area contributed by atoms with Crippen LogP contribution in [0.25, 0.3) is 0 Å². The Hall–Kier alpha value is -1.44. The average Bonchev–Trinajstić information content (AvgIpc) is 2.55. The first-order valence-electron chi connectivity index (χ1n) is 7.60. The van der Waals surface area contributed by atoms with Crippen LogP contribution in [-0.2, 0) is 19.9 Å². The van der Waals surface area contributed by atoms with Gasteiger partial charge in [-0.2, -0.15) is 0 Å². The smallest absolute Gasteiger partial charge is 0.244 e. The number of rotatable bonds is 5. The van der Waals surface area contributed by atoms with Gasteiger partial charge in [0.2, 0.25) is 11.8 Å². The van der Waals surface area contributed by atoms with E-state index in [1.807, 2.05) is 24.3 Å². The summed E-state index contributed by atoms with van der Waals surface area (Å²) in [6.07, 6.45) is 0.266. The predicted molar refractivity (Wildman–Crippen MR) is 90.7 cm³/mol. The lowest BCUT2D eigenvalue weighted by Gasteiger charge is -2.27. The van der Waals surface area contributed by atoms with E-state index in [1.165, 1.54) is 0 Å². The van der Waals surface area contributed by atoms with Crippen LogP contribution in [-0.4, -0.2) is 49.6 Å². The second-order valence-electron chi connectivity index (χ2n) is 5.71. The molecule has 126 valence electrons. The van der Waals surface area contributed by atoms with Crippen molar-refractivity contribution >= 4 is 27.7 Å². The van der Waals surface area contributed by atoms with Crippen molar-refractivity contribution in [2.45, 2.75) is 18.9 Å². The monoisotopic (exact) mass is 383 g/mol. The molecule has 0 spiro atoms. The first-order valence-corrected chi connectivity index (χ1v) is 8.39. The number of hydrogen-bond acceptors (Lipinski definition) is 4. The van der Waals surface area contributed by atoms with Gasteiger partial charge in [0.25, 0.3) is 0 Å². The minimum Gasteiger partial charge on any atom is -0.378 e. The molecule has 0 aliphatic carbocycles. The van der Waals surface area contributed by atoms with E-state index in [2.05, 4.69) is 21.2 Å². The SMILES string of the molecule is CC(N)(C(=O)NCCC(=O)N1CCOCC1)c1ccc(Br)cc1. The lowest BCUT2D eigenvalue weighted by Crippen LogP contribution is -2.50. The number of ether oxygens (including phenoxy) is 1. The molecule has 0 saturated carbocycles. The Kier molecular flexibility index (Phi) is 6.15. The molecule has 1 aromatic rings. The molecular formula is C16H22BrN3O3. The van der Waals surface area contributed by atoms with Crippen LogP contribution in [0.4, 0.5) is 0 Å². The molecule has 1 aliphatic heterocycles. The molecular weight excluding hydrogens is 362 g/mol. The number of nitrogens with one attached hydrogen (secondary N) is 1. The fraction of sp³-hybridized carbons (Fsp3) is 0.500. The van der Waals surface area contributed by atoms with Gasteiger partial charge in [0, 0.05) is 30.5 Å². The minimum atomic E-state index is -1.14. The van der Waals surface area contributed by atoms with Gasteiger partial charge >= 0.3 is 0 Å². The highest BCUT2D eigenvalue weighted by atomic mass is 79.9. The summed E-state index contributed by atoms with van der Waals surface area (Å²) in [4.78, 5) is 26.1. The van der Waals surface area contributed by atoms with Crippen molar-refractivity contribution < 1.29 is 14.3 Å². The number of hydrogen-bond donors (Lipinski definition) is 2. The van der Waals surface area contributed by atoms with Crippen molar-refractivity contribution in [2.75, 3.05) is 32.8 Å². The summed E-state index contributed by atoms with van der Waals surface area (Å²) in [5, 5.41) is 2.75. The van der Waals surface area contributed by atoms with E-state index in [-0.39, 0.29) is 24.8 Å². The van der Waals surface area contributed by atoms with E-state index in [9.17, 15) is 9.59 Å². The number of nitrogens with two attached hydrogens (primary N) is 1. The van der Waals surface area contributed by atoms with E-state index in [0.717, 1.165) is 10.0 Å². The van der Waals surface area contributed by atoms with Gasteiger partial charge in [0.15, 0.2) is 0 Å². The molecule has 3 N–H and O–H groups in total. The molecule has 1 aromatic carbocycles. The van der Waals surface area contributed by atoms with Crippen LogP contribution in [0.2, 0.25) is 0 Å². The molecule has 0 bridgehead atoms. The highest BCUT2D eigenvalue weighted by Gasteiger charge is 2.30. The van der Waals surface area contributed by atoms with Crippen LogP contribution in [0.3, 0.4) is 0 Å². The Morgan fingerprint density at radius 1 is 1.30 bits per heavy atom. The summed E-state index contributed by atoms with van der Waals surface area (Å²) in [5.74, 6) is -0.273. The summed E-state index contributed by atoms with van der Waals surface area (Å²) in [7, 11) is 0. The lowest BCUT2D eigenvalue weighted by molar-refractivity contribution is -0.135. The third kappa shape index (κ3) is 4.76. The topological polar surface area (TPSA) is 84.7 Å². The molecule has 6 nitrogen and oxygen atoms in total. The molecule has 1 heterocycles. The van der Waals surface area contributed by atoms with Crippen molar-refractivity contribution in [3.8, 4) is 0 Å². The molecule has 0 aromatic heterocycles. The van der Waals surface area contributed by atoms with Crippen LogP contribution in [0.15, 0.2) is 28.7 Å². The molecule has 2 amide bonds. The number of amides is 2. The maximum atomic E-state index is 12.3. The van der Waals surface area contributed by atoms with Crippen molar-refractivity contribution in [3.05, 3.63) is 34.3 Å². The van der Waals surface area contributed by atoms with E-state index < -0.39 is 5.54 Å². The first kappa shape index (κ1) is 17.9. The van der Waals surface area contributed by atoms with Gasteiger partial charge in [-0.15, -0.1) is 0 Å². The summed E-state index contributed by atoms with van der Waals surface area (Å²) in [6, 6.07) is 7.30. The highest BCUT2D eigenvalue weighted by Crippen LogP contribution is 2.20. The second kappa shape index (κ2) is 7.90. The number of halogens is 1. The molecule has 0 radical (unpaired) electrons. The van der Waals surface area contributed by atoms with Crippen LogP contribution < -0.4 is 11.1 Å². The van der Waals surface area contributed by atoms with Crippen molar-refractivity contribution in [1.82, 2.24) is 10.2 Å². The molecule has 23 heavy (non-hydrogen) atoms. The zero-order valence-corrected chi connectivity index (χ0v) is 14.8. The molecule has 2 rings (SSSR count). The molecule has 1 unspecified atom stereocenters. The lowest BCUT2D eigenvalue weighted by atomic mass is 9.92. The zero-order valence-electron chi connectivity index (χ0n) is 13.2. The van der Waals surface area contributed by atoms with Gasteiger partial charge in [-0.25, -0.2) is 0 Å². The Morgan fingerprint density at radius 2 is 1.91 bits per heavy atom. The maximum absolute atomic E-state index is 12.3. The Bertz CT molecular complexity index is 554. The Balaban J connectivity index is 1.83. The molecule has 1 saturated heterocycles. The first-order chi connectivity index (χ1) is 10.9. The molecule has 7 heteroatoms. The third-order valence-corrected chi connectivity index (χ3v) is 4.43. The van der Waals surface area contributed by atoms with Gasteiger partial charge in [0.05, 0.1) is 13.2 Å². The number of carbonyl (C=O) groups is 2. The van der Waals surface area contributed by atoms with Gasteiger partial charge < -0.3 is 20.7 Å². The summed E-state index contributed by atoms with van der Waals surface area (Å²) < 4.78 is 6.14. The molecule has 1 aliphatic rings. The largest absolute Gasteiger partial charge is 0.378 e. The standard InChI is InChI=1S/C16H22BrN3O3/c1-16(18,12-2-4-13(17)5-3-12)15(22)19-7-6-14(21)20-8-10-23-11-9-20/h2-5H,6-11,18H2,1H3,(H,19,22). The average molecular weight is 384 g/mol. The quantitative estimate of drug-likeness (QED) is 0.793. The highest BCUT2D eigenvalue weighted by molar-refractivity contribution is 9.10.